The van der Waals surface area contributed by atoms with Crippen molar-refractivity contribution in [3.8, 4) is 0 Å². The van der Waals surface area contributed by atoms with Gasteiger partial charge in [0.2, 0.25) is 5.91 Å². The number of nitrogens with zero attached hydrogens (tertiary/aromatic N) is 2. The first-order valence-electron chi connectivity index (χ1n) is 24.6. The molecule has 0 radical (unpaired) electrons. The van der Waals surface area contributed by atoms with Gasteiger partial charge in [0.1, 0.15) is 6.10 Å². The Hall–Kier alpha value is -1.63. The van der Waals surface area contributed by atoms with Crippen LogP contribution in [0, 0.1) is 0 Å². The number of esters is 2. The lowest BCUT2D eigenvalue weighted by Gasteiger charge is -2.22. The number of unbranched alkanes of at least 4 members (excludes halogenated alkanes) is 25. The summed E-state index contributed by atoms with van der Waals surface area (Å²) in [5.74, 6) is 0.188. The molecule has 1 atom stereocenters. The summed E-state index contributed by atoms with van der Waals surface area (Å²) in [7, 11) is 3.67. The fourth-order valence-corrected chi connectivity index (χ4v) is 7.59. The van der Waals surface area contributed by atoms with Crippen molar-refractivity contribution in [3.63, 3.8) is 0 Å². The van der Waals surface area contributed by atoms with Gasteiger partial charge in [-0.1, -0.05) is 168 Å². The van der Waals surface area contributed by atoms with Gasteiger partial charge in [-0.15, -0.1) is 0 Å². The van der Waals surface area contributed by atoms with Crippen molar-refractivity contribution in [1.29, 1.82) is 0 Å². The van der Waals surface area contributed by atoms with Crippen LogP contribution in [0.3, 0.4) is 0 Å². The zero-order valence-electron chi connectivity index (χ0n) is 38.3. The van der Waals surface area contributed by atoms with Crippen LogP contribution in [0.4, 0.5) is 0 Å². The van der Waals surface area contributed by atoms with E-state index in [1.165, 1.54) is 128 Å². The number of hydrogen-bond donors (Lipinski definition) is 0. The average molecular weight is 793 g/mol. The lowest BCUT2D eigenvalue weighted by atomic mass is 10.0. The number of carbonyl (C=O) groups excluding carboxylic acids is 3. The molecule has 0 bridgehead atoms. The van der Waals surface area contributed by atoms with Crippen molar-refractivity contribution in [1.82, 2.24) is 9.80 Å². The summed E-state index contributed by atoms with van der Waals surface area (Å²) in [5.41, 5.74) is 0. The van der Waals surface area contributed by atoms with Crippen LogP contribution in [-0.4, -0.2) is 74.1 Å². The first kappa shape index (κ1) is 54.4. The van der Waals surface area contributed by atoms with Crippen molar-refractivity contribution in [2.24, 2.45) is 0 Å². The quantitative estimate of drug-likeness (QED) is 0.0452. The van der Waals surface area contributed by atoms with Gasteiger partial charge in [-0.3, -0.25) is 14.4 Å². The Balaban J connectivity index is 4.33. The predicted molar refractivity (Wildman–Crippen MR) is 239 cm³/mol. The van der Waals surface area contributed by atoms with Gasteiger partial charge < -0.3 is 19.3 Å². The summed E-state index contributed by atoms with van der Waals surface area (Å²) >= 11 is 0. The Kier molecular flexibility index (Phi) is 41.7. The van der Waals surface area contributed by atoms with E-state index in [1.807, 2.05) is 14.1 Å². The number of rotatable bonds is 44. The number of ether oxygens (including phenoxy) is 2. The van der Waals surface area contributed by atoms with Crippen LogP contribution >= 0.6 is 0 Å². The van der Waals surface area contributed by atoms with E-state index in [0.717, 1.165) is 103 Å². The summed E-state index contributed by atoms with van der Waals surface area (Å²) < 4.78 is 11.5. The second-order valence-corrected chi connectivity index (χ2v) is 17.2. The minimum Gasteiger partial charge on any atom is -0.466 e. The molecule has 0 aromatic carbocycles. The molecule has 0 aliphatic heterocycles. The van der Waals surface area contributed by atoms with Crippen molar-refractivity contribution in [2.75, 3.05) is 40.3 Å². The summed E-state index contributed by atoms with van der Waals surface area (Å²) in [4.78, 5) is 41.3. The highest BCUT2D eigenvalue weighted by molar-refractivity contribution is 5.75. The van der Waals surface area contributed by atoms with Crippen molar-refractivity contribution in [3.05, 3.63) is 0 Å². The molecule has 0 fully saturated rings. The van der Waals surface area contributed by atoms with Crippen LogP contribution in [0.25, 0.3) is 0 Å². The van der Waals surface area contributed by atoms with E-state index in [-0.39, 0.29) is 23.9 Å². The zero-order valence-corrected chi connectivity index (χ0v) is 38.3. The molecule has 0 aromatic rings. The molecule has 0 saturated heterocycles. The Morgan fingerprint density at radius 2 is 0.786 bits per heavy atom. The number of carbonyl (C=O) groups is 3. The first-order valence-corrected chi connectivity index (χ1v) is 24.6. The molecule has 7 nitrogen and oxygen atoms in total. The normalized spacial score (nSPS) is 12.0. The smallest absolute Gasteiger partial charge is 0.306 e. The Bertz CT molecular complexity index is 865. The summed E-state index contributed by atoms with van der Waals surface area (Å²) in [6.07, 6.45) is 41.2. The maximum atomic E-state index is 12.8. The number of amides is 1. The molecule has 0 heterocycles. The highest BCUT2D eigenvalue weighted by Crippen LogP contribution is 2.19. The maximum absolute atomic E-state index is 12.8. The maximum Gasteiger partial charge on any atom is 0.306 e. The van der Waals surface area contributed by atoms with Crippen LogP contribution in [-0.2, 0) is 23.9 Å². The van der Waals surface area contributed by atoms with Crippen LogP contribution in [0.5, 0.6) is 0 Å². The minimum absolute atomic E-state index is 0.0149. The molecular weight excluding hydrogens is 697 g/mol. The molecule has 0 saturated carbocycles. The fraction of sp³-hybridized carbons (Fsp3) is 0.939. The first-order chi connectivity index (χ1) is 27.3. The average Bonchev–Trinajstić information content (AvgIpc) is 3.18. The molecule has 332 valence electrons. The van der Waals surface area contributed by atoms with Crippen LogP contribution in [0.2, 0.25) is 0 Å². The van der Waals surface area contributed by atoms with Gasteiger partial charge in [0.05, 0.1) is 6.61 Å². The fourth-order valence-electron chi connectivity index (χ4n) is 7.59. The van der Waals surface area contributed by atoms with Gasteiger partial charge >= 0.3 is 11.9 Å². The lowest BCUT2D eigenvalue weighted by molar-refractivity contribution is -0.150. The molecule has 56 heavy (non-hydrogen) atoms. The van der Waals surface area contributed by atoms with Gasteiger partial charge in [0.25, 0.3) is 0 Å². The summed E-state index contributed by atoms with van der Waals surface area (Å²) in [6.45, 7) is 10.5. The number of hydrogen-bond acceptors (Lipinski definition) is 6. The van der Waals surface area contributed by atoms with Crippen LogP contribution < -0.4 is 0 Å². The second kappa shape index (κ2) is 43.0. The minimum atomic E-state index is -0.0316. The van der Waals surface area contributed by atoms with Gasteiger partial charge in [-0.25, -0.2) is 0 Å². The van der Waals surface area contributed by atoms with E-state index >= 15 is 0 Å². The van der Waals surface area contributed by atoms with E-state index < -0.39 is 0 Å². The van der Waals surface area contributed by atoms with Crippen molar-refractivity contribution < 1.29 is 23.9 Å². The molecule has 0 aliphatic rings. The molecule has 0 aliphatic carbocycles. The molecule has 0 spiro atoms. The van der Waals surface area contributed by atoms with E-state index in [0.29, 0.717) is 25.9 Å². The Morgan fingerprint density at radius 1 is 0.411 bits per heavy atom. The zero-order chi connectivity index (χ0) is 41.2. The molecule has 7 heteroatoms. The molecule has 0 aromatic heterocycles. The Morgan fingerprint density at radius 3 is 1.25 bits per heavy atom. The molecular formula is C49H96N2O5. The lowest BCUT2D eigenvalue weighted by Crippen LogP contribution is -2.29. The van der Waals surface area contributed by atoms with Gasteiger partial charge in [0.15, 0.2) is 0 Å². The molecule has 1 unspecified atom stereocenters. The van der Waals surface area contributed by atoms with E-state index in [4.69, 9.17) is 9.47 Å². The van der Waals surface area contributed by atoms with E-state index in [2.05, 4.69) is 25.7 Å². The monoisotopic (exact) mass is 793 g/mol. The topological polar surface area (TPSA) is 76.1 Å². The highest BCUT2D eigenvalue weighted by Gasteiger charge is 2.15. The molecule has 1 amide bonds. The standard InChI is InChI=1S/C49H96N2O5/c1-6-9-12-15-18-23-30-38-46(37-29-22-17-14-11-8-3)56-49(54)41-32-25-21-27-34-43-51(44-36-39-47(52)50(4)5)42-33-26-20-24-31-40-48(53)55-45-35-28-19-16-13-10-7-2/h46H,6-45H2,1-5H3. The van der Waals surface area contributed by atoms with Crippen molar-refractivity contribution in [2.45, 2.75) is 258 Å². The Labute approximate surface area is 348 Å². The SMILES string of the molecule is CCCCCCCCCOC(=O)CCCCCCCN(CCCCCCCC(=O)OC(CCCCCCCC)CCCCCCCCC)CCCC(=O)N(C)C. The van der Waals surface area contributed by atoms with Crippen molar-refractivity contribution >= 4 is 17.8 Å². The van der Waals surface area contributed by atoms with E-state index in [9.17, 15) is 14.4 Å². The largest absolute Gasteiger partial charge is 0.466 e. The predicted octanol–water partition coefficient (Wildman–Crippen LogP) is 13.9. The third kappa shape index (κ3) is 39.2. The summed E-state index contributed by atoms with van der Waals surface area (Å²) in [6, 6.07) is 0. The van der Waals surface area contributed by atoms with Gasteiger partial charge in [0, 0.05) is 33.4 Å². The van der Waals surface area contributed by atoms with E-state index in [1.54, 1.807) is 4.90 Å². The highest BCUT2D eigenvalue weighted by atomic mass is 16.5. The van der Waals surface area contributed by atoms with Crippen LogP contribution in [0.1, 0.15) is 252 Å². The third-order valence-electron chi connectivity index (χ3n) is 11.4. The van der Waals surface area contributed by atoms with Gasteiger partial charge in [-0.05, 0) is 83.8 Å². The molecule has 0 N–H and O–H groups in total. The third-order valence-corrected chi connectivity index (χ3v) is 11.4. The van der Waals surface area contributed by atoms with Crippen LogP contribution in [0.15, 0.2) is 0 Å². The molecule has 0 rings (SSSR count). The summed E-state index contributed by atoms with van der Waals surface area (Å²) in [5, 5.41) is 0. The van der Waals surface area contributed by atoms with Gasteiger partial charge in [-0.2, -0.15) is 0 Å². The second-order valence-electron chi connectivity index (χ2n) is 17.2.